The van der Waals surface area contributed by atoms with Gasteiger partial charge in [-0.3, -0.25) is 9.59 Å². The summed E-state index contributed by atoms with van der Waals surface area (Å²) in [4.78, 5) is 21.9. The number of hydrazine groups is 1. The Bertz CT molecular complexity index is 531. The summed E-state index contributed by atoms with van der Waals surface area (Å²) in [5.74, 6) is 6.00. The fraction of sp³-hybridized carbons (Fsp3) is 0.438. The van der Waals surface area contributed by atoms with E-state index in [4.69, 9.17) is 5.84 Å². The van der Waals surface area contributed by atoms with E-state index in [0.29, 0.717) is 17.9 Å². The van der Waals surface area contributed by atoms with Gasteiger partial charge in [-0.2, -0.15) is 10.2 Å². The van der Waals surface area contributed by atoms with Crippen molar-refractivity contribution in [1.29, 1.82) is 0 Å². The molecule has 1 saturated carbocycles. The quantitative estimate of drug-likeness (QED) is 0.297. The average molecular weight is 287 g/mol. The number of benzene rings is 1. The molecule has 1 aromatic carbocycles. The van der Waals surface area contributed by atoms with E-state index in [1.165, 1.54) is 44.6 Å². The second-order valence-electron chi connectivity index (χ2n) is 5.43. The van der Waals surface area contributed by atoms with Gasteiger partial charge >= 0.3 is 0 Å². The molecule has 0 bridgehead atoms. The van der Waals surface area contributed by atoms with Gasteiger partial charge in [-0.05, 0) is 36.5 Å². The Morgan fingerprint density at radius 3 is 2.38 bits per heavy atom. The molecule has 0 atom stereocenters. The highest BCUT2D eigenvalue weighted by Crippen LogP contribution is 2.33. The van der Waals surface area contributed by atoms with Gasteiger partial charge in [0, 0.05) is 6.92 Å². The summed E-state index contributed by atoms with van der Waals surface area (Å²) in [6.45, 7) is 1.28. The third kappa shape index (κ3) is 3.98. The number of nitrogens with two attached hydrogens (primary N) is 1. The molecule has 1 aliphatic rings. The molecule has 0 radical (unpaired) electrons. The highest BCUT2D eigenvalue weighted by Gasteiger charge is 2.15. The van der Waals surface area contributed by atoms with Crippen LogP contribution >= 0.6 is 0 Å². The van der Waals surface area contributed by atoms with Crippen molar-refractivity contribution in [2.24, 2.45) is 10.9 Å². The smallest absolute Gasteiger partial charge is 0.183 e. The van der Waals surface area contributed by atoms with Gasteiger partial charge in [0.05, 0.1) is 5.69 Å². The average Bonchev–Trinajstić information content (AvgIpc) is 2.53. The van der Waals surface area contributed by atoms with Crippen LogP contribution < -0.4 is 11.0 Å². The summed E-state index contributed by atoms with van der Waals surface area (Å²) in [5.41, 5.74) is 1.78. The van der Waals surface area contributed by atoms with Crippen LogP contribution in [-0.2, 0) is 9.59 Å². The normalized spacial score (nSPS) is 16.6. The van der Waals surface area contributed by atoms with Crippen molar-refractivity contribution in [2.45, 2.75) is 44.9 Å². The second-order valence-corrected chi connectivity index (χ2v) is 5.43. The maximum Gasteiger partial charge on any atom is 0.183 e. The molecule has 0 amide bonds. The molecule has 5 heteroatoms. The third-order valence-electron chi connectivity index (χ3n) is 3.92. The minimum atomic E-state index is -0.403. The molecule has 2 rings (SSSR count). The molecule has 5 nitrogen and oxygen atoms in total. The van der Waals surface area contributed by atoms with Crippen LogP contribution in [0, 0.1) is 0 Å². The molecule has 0 unspecified atom stereocenters. The van der Waals surface area contributed by atoms with Gasteiger partial charge in [-0.1, -0.05) is 31.4 Å². The Labute approximate surface area is 124 Å². The SMILES string of the molecule is CC(=O)/C(C=O)=N\N(N)c1ccc(C2CCCCC2)cc1. The van der Waals surface area contributed by atoms with Gasteiger partial charge in [0.15, 0.2) is 17.8 Å². The summed E-state index contributed by atoms with van der Waals surface area (Å²) >= 11 is 0. The highest BCUT2D eigenvalue weighted by atomic mass is 16.1. The number of Topliss-reactive ketones (excluding diaryl/α,β-unsaturated/α-hetero) is 1. The zero-order valence-electron chi connectivity index (χ0n) is 12.3. The lowest BCUT2D eigenvalue weighted by Gasteiger charge is -2.22. The van der Waals surface area contributed by atoms with E-state index in [0.717, 1.165) is 5.12 Å². The molecule has 2 N–H and O–H groups in total. The molecular weight excluding hydrogens is 266 g/mol. The van der Waals surface area contributed by atoms with Crippen LogP contribution in [0.2, 0.25) is 0 Å². The molecule has 1 aromatic rings. The fourth-order valence-corrected chi connectivity index (χ4v) is 2.69. The van der Waals surface area contributed by atoms with Crippen molar-refractivity contribution in [3.05, 3.63) is 29.8 Å². The number of nitrogens with zero attached hydrogens (tertiary/aromatic N) is 2. The molecule has 21 heavy (non-hydrogen) atoms. The van der Waals surface area contributed by atoms with Crippen LogP contribution in [0.1, 0.15) is 50.5 Å². The molecule has 0 saturated heterocycles. The first kappa shape index (κ1) is 15.4. The predicted octanol–water partition coefficient (Wildman–Crippen LogP) is 2.56. The standard InChI is InChI=1S/C16H21N3O2/c1-12(21)16(11-20)18-19(17)15-9-7-14(8-10-15)13-5-3-2-4-6-13/h7-11,13H,2-6,17H2,1H3/b18-16-. The van der Waals surface area contributed by atoms with E-state index in [-0.39, 0.29) is 5.71 Å². The van der Waals surface area contributed by atoms with Crippen molar-refractivity contribution in [3.8, 4) is 0 Å². The molecule has 0 heterocycles. The topological polar surface area (TPSA) is 75.8 Å². The number of hydrazone groups is 1. The first-order valence-corrected chi connectivity index (χ1v) is 7.31. The van der Waals surface area contributed by atoms with Gasteiger partial charge in [0.2, 0.25) is 0 Å². The maximum atomic E-state index is 11.2. The fourth-order valence-electron chi connectivity index (χ4n) is 2.69. The molecular formula is C16H21N3O2. The van der Waals surface area contributed by atoms with Crippen molar-refractivity contribution >= 4 is 23.5 Å². The van der Waals surface area contributed by atoms with Crippen LogP contribution in [0.4, 0.5) is 5.69 Å². The number of carbonyl (C=O) groups is 2. The molecule has 0 spiro atoms. The van der Waals surface area contributed by atoms with Crippen molar-refractivity contribution in [1.82, 2.24) is 0 Å². The second kappa shape index (κ2) is 7.13. The largest absolute Gasteiger partial charge is 0.296 e. The monoisotopic (exact) mass is 287 g/mol. The number of hydrogen-bond acceptors (Lipinski definition) is 5. The Morgan fingerprint density at radius 1 is 1.24 bits per heavy atom. The van der Waals surface area contributed by atoms with Gasteiger partial charge in [0.1, 0.15) is 0 Å². The lowest BCUT2D eigenvalue weighted by molar-refractivity contribution is -0.112. The van der Waals surface area contributed by atoms with Crippen molar-refractivity contribution in [3.63, 3.8) is 0 Å². The number of ketones is 1. The van der Waals surface area contributed by atoms with E-state index in [9.17, 15) is 9.59 Å². The number of aldehydes is 1. The lowest BCUT2D eigenvalue weighted by Crippen LogP contribution is -2.28. The summed E-state index contributed by atoms with van der Waals surface area (Å²) < 4.78 is 0. The Balaban J connectivity index is 2.10. The third-order valence-corrected chi connectivity index (χ3v) is 3.92. The maximum absolute atomic E-state index is 11.2. The van der Waals surface area contributed by atoms with E-state index in [1.807, 2.05) is 12.1 Å². The van der Waals surface area contributed by atoms with Crippen LogP contribution in [0.5, 0.6) is 0 Å². The molecule has 1 aliphatic carbocycles. The molecule has 1 fully saturated rings. The minimum absolute atomic E-state index is 0.186. The summed E-state index contributed by atoms with van der Waals surface area (Å²) in [7, 11) is 0. The van der Waals surface area contributed by atoms with E-state index in [2.05, 4.69) is 17.2 Å². The van der Waals surface area contributed by atoms with E-state index in [1.54, 1.807) is 0 Å². The number of hydrogen-bond donors (Lipinski definition) is 1. The van der Waals surface area contributed by atoms with Gasteiger partial charge in [-0.25, -0.2) is 5.84 Å². The van der Waals surface area contributed by atoms with Gasteiger partial charge < -0.3 is 0 Å². The molecule has 0 aliphatic heterocycles. The molecule has 0 aromatic heterocycles. The van der Waals surface area contributed by atoms with E-state index < -0.39 is 5.78 Å². The first-order valence-electron chi connectivity index (χ1n) is 7.31. The summed E-state index contributed by atoms with van der Waals surface area (Å²) in [5, 5.41) is 4.88. The zero-order valence-corrected chi connectivity index (χ0v) is 12.3. The number of rotatable bonds is 5. The molecule has 112 valence electrons. The number of anilines is 1. The van der Waals surface area contributed by atoms with Crippen molar-refractivity contribution < 1.29 is 9.59 Å². The highest BCUT2D eigenvalue weighted by molar-refractivity contribution is 6.59. The Morgan fingerprint density at radius 2 is 1.86 bits per heavy atom. The van der Waals surface area contributed by atoms with Crippen molar-refractivity contribution in [2.75, 3.05) is 5.12 Å². The Hall–Kier alpha value is -2.01. The van der Waals surface area contributed by atoms with E-state index >= 15 is 0 Å². The zero-order chi connectivity index (χ0) is 15.2. The van der Waals surface area contributed by atoms with Crippen LogP contribution in [0.25, 0.3) is 0 Å². The Kier molecular flexibility index (Phi) is 5.22. The van der Waals surface area contributed by atoms with Gasteiger partial charge in [0.25, 0.3) is 0 Å². The van der Waals surface area contributed by atoms with Crippen LogP contribution in [-0.4, -0.2) is 17.8 Å². The van der Waals surface area contributed by atoms with Crippen LogP contribution in [0.3, 0.4) is 0 Å². The summed E-state index contributed by atoms with van der Waals surface area (Å²) in [6, 6.07) is 7.84. The predicted molar refractivity (Wildman–Crippen MR) is 83.1 cm³/mol. The van der Waals surface area contributed by atoms with Gasteiger partial charge in [-0.15, -0.1) is 0 Å². The first-order chi connectivity index (χ1) is 10.1. The lowest BCUT2D eigenvalue weighted by atomic mass is 9.84. The van der Waals surface area contributed by atoms with Crippen LogP contribution in [0.15, 0.2) is 29.4 Å². The minimum Gasteiger partial charge on any atom is -0.296 e. The number of carbonyl (C=O) groups excluding carboxylic acids is 2. The summed E-state index contributed by atoms with van der Waals surface area (Å²) in [6.07, 6.45) is 6.81.